The lowest BCUT2D eigenvalue weighted by Gasteiger charge is -2.33. The molecule has 9 heteroatoms. The summed E-state index contributed by atoms with van der Waals surface area (Å²) in [6.45, 7) is 5.20. The summed E-state index contributed by atoms with van der Waals surface area (Å²) in [5.74, 6) is -0.104. The highest BCUT2D eigenvalue weighted by atomic mass is 19.4. The van der Waals surface area contributed by atoms with Gasteiger partial charge in [-0.05, 0) is 49.3 Å². The zero-order chi connectivity index (χ0) is 24.5. The fourth-order valence-electron chi connectivity index (χ4n) is 4.54. The first-order chi connectivity index (χ1) is 16.1. The standard InChI is InChI=1S/C25H29F3N4O2/c1-15-10-12-32(13-11-15)23-18(6-8-20(30-23)25(26,27)28)14-29-24(34)16(2)19-5-3-4-17-7-9-21(33)31-22(17)19/h3-6,8,15-16H,7,9-14H2,1-2H3,(H,29,34)(H,31,33). The summed E-state index contributed by atoms with van der Waals surface area (Å²) in [5, 5.41) is 5.73. The van der Waals surface area contributed by atoms with Gasteiger partial charge >= 0.3 is 6.18 Å². The van der Waals surface area contributed by atoms with Gasteiger partial charge in [-0.25, -0.2) is 4.98 Å². The van der Waals surface area contributed by atoms with Gasteiger partial charge < -0.3 is 15.5 Å². The Bertz CT molecular complexity index is 1080. The quantitative estimate of drug-likeness (QED) is 0.662. The molecule has 2 aliphatic rings. The zero-order valence-corrected chi connectivity index (χ0v) is 19.3. The van der Waals surface area contributed by atoms with Crippen LogP contribution < -0.4 is 15.5 Å². The number of hydrogen-bond donors (Lipinski definition) is 2. The molecule has 1 aromatic carbocycles. The molecule has 1 atom stereocenters. The summed E-state index contributed by atoms with van der Waals surface area (Å²) in [6.07, 6.45) is -1.74. The van der Waals surface area contributed by atoms with Crippen molar-refractivity contribution in [2.45, 2.75) is 58.2 Å². The van der Waals surface area contributed by atoms with Gasteiger partial charge in [0.15, 0.2) is 0 Å². The number of para-hydroxylation sites is 1. The van der Waals surface area contributed by atoms with Crippen molar-refractivity contribution in [3.05, 3.63) is 52.7 Å². The van der Waals surface area contributed by atoms with E-state index in [4.69, 9.17) is 0 Å². The molecule has 0 spiro atoms. The summed E-state index contributed by atoms with van der Waals surface area (Å²) < 4.78 is 40.0. The van der Waals surface area contributed by atoms with Crippen molar-refractivity contribution in [2.24, 2.45) is 5.92 Å². The number of hydrogen-bond acceptors (Lipinski definition) is 4. The lowest BCUT2D eigenvalue weighted by Crippen LogP contribution is -2.35. The van der Waals surface area contributed by atoms with Crippen molar-refractivity contribution in [3.8, 4) is 0 Å². The maximum Gasteiger partial charge on any atom is 0.433 e. The molecule has 6 nitrogen and oxygen atoms in total. The molecular weight excluding hydrogens is 445 g/mol. The maximum absolute atomic E-state index is 13.3. The van der Waals surface area contributed by atoms with Crippen LogP contribution in [0.25, 0.3) is 0 Å². The summed E-state index contributed by atoms with van der Waals surface area (Å²) in [7, 11) is 0. The van der Waals surface area contributed by atoms with Gasteiger partial charge in [-0.1, -0.05) is 31.2 Å². The van der Waals surface area contributed by atoms with Crippen LogP contribution in [0.15, 0.2) is 30.3 Å². The summed E-state index contributed by atoms with van der Waals surface area (Å²) in [5.41, 5.74) is 2.01. The van der Waals surface area contributed by atoms with Crippen molar-refractivity contribution in [2.75, 3.05) is 23.3 Å². The van der Waals surface area contributed by atoms with Gasteiger partial charge in [0.05, 0.1) is 5.92 Å². The van der Waals surface area contributed by atoms with Crippen LogP contribution in [0.3, 0.4) is 0 Å². The molecule has 1 aromatic heterocycles. The number of alkyl halides is 3. The number of aryl methyl sites for hydroxylation is 1. The fourth-order valence-corrected chi connectivity index (χ4v) is 4.54. The van der Waals surface area contributed by atoms with E-state index in [0.29, 0.717) is 43.1 Å². The molecule has 4 rings (SSSR count). The second-order valence-electron chi connectivity index (χ2n) is 9.22. The van der Waals surface area contributed by atoms with Crippen LogP contribution in [-0.4, -0.2) is 29.9 Å². The van der Waals surface area contributed by atoms with Gasteiger partial charge in [-0.3, -0.25) is 9.59 Å². The topological polar surface area (TPSA) is 74.3 Å². The normalized spacial score (nSPS) is 17.7. The molecule has 34 heavy (non-hydrogen) atoms. The van der Waals surface area contributed by atoms with Gasteiger partial charge in [0.25, 0.3) is 0 Å². The van der Waals surface area contributed by atoms with E-state index in [1.165, 1.54) is 6.07 Å². The van der Waals surface area contributed by atoms with E-state index in [9.17, 15) is 22.8 Å². The molecule has 3 heterocycles. The van der Waals surface area contributed by atoms with Crippen molar-refractivity contribution in [1.29, 1.82) is 0 Å². The van der Waals surface area contributed by atoms with Gasteiger partial charge in [-0.2, -0.15) is 13.2 Å². The van der Waals surface area contributed by atoms with Crippen LogP contribution in [0.2, 0.25) is 0 Å². The zero-order valence-electron chi connectivity index (χ0n) is 19.3. The number of aromatic nitrogens is 1. The Balaban J connectivity index is 1.53. The fraction of sp³-hybridized carbons (Fsp3) is 0.480. The molecule has 2 amide bonds. The predicted octanol–water partition coefficient (Wildman–Crippen LogP) is 4.64. The van der Waals surface area contributed by atoms with E-state index in [0.717, 1.165) is 30.0 Å². The molecule has 182 valence electrons. The second-order valence-corrected chi connectivity index (χ2v) is 9.22. The second kappa shape index (κ2) is 9.64. The summed E-state index contributed by atoms with van der Waals surface area (Å²) in [6, 6.07) is 7.98. The van der Waals surface area contributed by atoms with Crippen molar-refractivity contribution < 1.29 is 22.8 Å². The molecule has 0 radical (unpaired) electrons. The number of anilines is 2. The number of amides is 2. The Kier molecular flexibility index (Phi) is 6.81. The van der Waals surface area contributed by atoms with Crippen LogP contribution in [0.4, 0.5) is 24.7 Å². The van der Waals surface area contributed by atoms with E-state index >= 15 is 0 Å². The van der Waals surface area contributed by atoms with E-state index in [1.54, 1.807) is 6.92 Å². The van der Waals surface area contributed by atoms with E-state index < -0.39 is 17.8 Å². The van der Waals surface area contributed by atoms with E-state index in [1.807, 2.05) is 23.1 Å². The number of fused-ring (bicyclic) bond motifs is 1. The monoisotopic (exact) mass is 474 g/mol. The minimum absolute atomic E-state index is 0.0665. The number of benzene rings is 1. The molecule has 0 saturated carbocycles. The highest BCUT2D eigenvalue weighted by Gasteiger charge is 2.34. The lowest BCUT2D eigenvalue weighted by atomic mass is 9.92. The van der Waals surface area contributed by atoms with E-state index in [2.05, 4.69) is 22.5 Å². The highest BCUT2D eigenvalue weighted by molar-refractivity contribution is 5.96. The minimum atomic E-state index is -4.54. The number of piperidine rings is 1. The molecule has 1 fully saturated rings. The Morgan fingerprint density at radius 3 is 2.65 bits per heavy atom. The first kappa shape index (κ1) is 24.0. The summed E-state index contributed by atoms with van der Waals surface area (Å²) in [4.78, 5) is 30.7. The molecular formula is C25H29F3N4O2. The van der Waals surface area contributed by atoms with Crippen LogP contribution in [0.5, 0.6) is 0 Å². The number of carbonyl (C=O) groups is 2. The molecule has 2 aromatic rings. The number of rotatable bonds is 5. The van der Waals surface area contributed by atoms with Gasteiger partial charge in [0.1, 0.15) is 11.5 Å². The van der Waals surface area contributed by atoms with Crippen LogP contribution >= 0.6 is 0 Å². The molecule has 0 bridgehead atoms. The van der Waals surface area contributed by atoms with Gasteiger partial charge in [0, 0.05) is 37.3 Å². The van der Waals surface area contributed by atoms with Crippen molar-refractivity contribution in [1.82, 2.24) is 10.3 Å². The lowest BCUT2D eigenvalue weighted by molar-refractivity contribution is -0.141. The molecule has 2 N–H and O–H groups in total. The van der Waals surface area contributed by atoms with Crippen LogP contribution in [0, 0.1) is 5.92 Å². The third-order valence-electron chi connectivity index (χ3n) is 6.71. The number of halogens is 3. The van der Waals surface area contributed by atoms with Crippen LogP contribution in [-0.2, 0) is 28.7 Å². The Morgan fingerprint density at radius 2 is 1.94 bits per heavy atom. The van der Waals surface area contributed by atoms with Gasteiger partial charge in [0.2, 0.25) is 11.8 Å². The Labute approximate surface area is 196 Å². The Morgan fingerprint density at radius 1 is 1.21 bits per heavy atom. The van der Waals surface area contributed by atoms with Crippen molar-refractivity contribution >= 4 is 23.3 Å². The largest absolute Gasteiger partial charge is 0.433 e. The van der Waals surface area contributed by atoms with Crippen LogP contribution in [0.1, 0.15) is 61.4 Å². The Hall–Kier alpha value is -3.10. The average Bonchev–Trinajstić information content (AvgIpc) is 2.81. The predicted molar refractivity (Wildman–Crippen MR) is 124 cm³/mol. The van der Waals surface area contributed by atoms with Crippen molar-refractivity contribution in [3.63, 3.8) is 0 Å². The average molecular weight is 475 g/mol. The first-order valence-corrected chi connectivity index (χ1v) is 11.6. The number of carbonyl (C=O) groups excluding carboxylic acids is 2. The minimum Gasteiger partial charge on any atom is -0.356 e. The maximum atomic E-state index is 13.3. The molecule has 1 saturated heterocycles. The first-order valence-electron chi connectivity index (χ1n) is 11.6. The molecule has 0 aliphatic carbocycles. The number of nitrogens with one attached hydrogen (secondary N) is 2. The smallest absolute Gasteiger partial charge is 0.356 e. The van der Waals surface area contributed by atoms with Gasteiger partial charge in [-0.15, -0.1) is 0 Å². The third kappa shape index (κ3) is 5.18. The molecule has 1 unspecified atom stereocenters. The number of pyridine rings is 1. The number of nitrogens with zero attached hydrogens (tertiary/aromatic N) is 2. The third-order valence-corrected chi connectivity index (χ3v) is 6.71. The molecule has 2 aliphatic heterocycles. The SMILES string of the molecule is CC1CCN(c2nc(C(F)(F)F)ccc2CNC(=O)C(C)c2cccc3c2NC(=O)CC3)CC1. The highest BCUT2D eigenvalue weighted by Crippen LogP contribution is 2.33. The summed E-state index contributed by atoms with van der Waals surface area (Å²) >= 11 is 0. The van der Waals surface area contributed by atoms with E-state index in [-0.39, 0.29) is 24.2 Å².